The van der Waals surface area contributed by atoms with E-state index in [0.717, 1.165) is 0 Å². The molecule has 0 bridgehead atoms. The van der Waals surface area contributed by atoms with Crippen molar-refractivity contribution in [2.75, 3.05) is 7.11 Å². The van der Waals surface area contributed by atoms with Gasteiger partial charge in [-0.2, -0.15) is 0 Å². The maximum atomic E-state index is 12.0. The summed E-state index contributed by atoms with van der Waals surface area (Å²) >= 11 is 0. The van der Waals surface area contributed by atoms with Gasteiger partial charge >= 0.3 is 5.97 Å². The number of methoxy groups -OCH3 is 1. The lowest BCUT2D eigenvalue weighted by atomic mass is 10.0. The monoisotopic (exact) mass is 321 g/mol. The summed E-state index contributed by atoms with van der Waals surface area (Å²) in [7, 11) is 1.56. The summed E-state index contributed by atoms with van der Waals surface area (Å²) in [6.07, 6.45) is 0.881. The molecule has 2 atom stereocenters. The van der Waals surface area contributed by atoms with Gasteiger partial charge in [-0.25, -0.2) is 0 Å². The Morgan fingerprint density at radius 1 is 1.13 bits per heavy atom. The van der Waals surface area contributed by atoms with E-state index in [0.29, 0.717) is 17.7 Å². The molecule has 0 aromatic heterocycles. The van der Waals surface area contributed by atoms with Gasteiger partial charge in [-0.15, -0.1) is 0 Å². The number of Topliss-reactive ketones (excluding diaryl/α,β-unsaturated/α-hetero) is 1. The molecule has 0 saturated heterocycles. The minimum absolute atomic E-state index is 0.0348. The number of benzene rings is 1. The molecule has 0 radical (unpaired) electrons. The molecule has 6 heteroatoms. The fourth-order valence-electron chi connectivity index (χ4n) is 2.00. The third-order valence-corrected chi connectivity index (χ3v) is 3.75. The third-order valence-electron chi connectivity index (χ3n) is 3.75. The van der Waals surface area contributed by atoms with E-state index in [1.807, 2.05) is 0 Å². The highest BCUT2D eigenvalue weighted by atomic mass is 16.5. The Morgan fingerprint density at radius 2 is 1.74 bits per heavy atom. The number of amides is 1. The summed E-state index contributed by atoms with van der Waals surface area (Å²) in [5.74, 6) is -1.20. The van der Waals surface area contributed by atoms with Crippen LogP contribution in [0.1, 0.15) is 43.5 Å². The lowest BCUT2D eigenvalue weighted by Gasteiger charge is -2.17. The van der Waals surface area contributed by atoms with Gasteiger partial charge in [0.25, 0.3) is 0 Å². The molecule has 126 valence electrons. The molecule has 23 heavy (non-hydrogen) atoms. The van der Waals surface area contributed by atoms with Crippen LogP contribution in [-0.2, 0) is 9.59 Å². The molecule has 0 spiro atoms. The zero-order chi connectivity index (χ0) is 17.4. The normalized spacial score (nSPS) is 13.0. The minimum Gasteiger partial charge on any atom is -0.497 e. The molecule has 0 aliphatic rings. The first-order valence-electron chi connectivity index (χ1n) is 7.54. The smallest absolute Gasteiger partial charge is 0.308 e. The Kier molecular flexibility index (Phi) is 7.25. The number of carbonyl (C=O) groups excluding carboxylic acids is 2. The number of ketones is 1. The van der Waals surface area contributed by atoms with Crippen molar-refractivity contribution in [2.45, 2.75) is 39.2 Å². The first-order valence-corrected chi connectivity index (χ1v) is 7.54. The van der Waals surface area contributed by atoms with E-state index in [1.54, 1.807) is 45.2 Å². The van der Waals surface area contributed by atoms with Gasteiger partial charge in [0, 0.05) is 24.4 Å². The number of hydrogen-bond donors (Lipinski definition) is 2. The van der Waals surface area contributed by atoms with Crippen LogP contribution in [0.5, 0.6) is 5.75 Å². The lowest BCUT2D eigenvalue weighted by molar-refractivity contribution is -0.142. The van der Waals surface area contributed by atoms with Crippen molar-refractivity contribution in [3.8, 4) is 5.75 Å². The highest BCUT2D eigenvalue weighted by Gasteiger charge is 2.20. The largest absolute Gasteiger partial charge is 0.497 e. The molecule has 0 aliphatic carbocycles. The fraction of sp³-hybridized carbons (Fsp3) is 0.471. The van der Waals surface area contributed by atoms with Gasteiger partial charge in [0.1, 0.15) is 5.75 Å². The average molecular weight is 321 g/mol. The Morgan fingerprint density at radius 3 is 2.26 bits per heavy atom. The van der Waals surface area contributed by atoms with Crippen LogP contribution in [0.3, 0.4) is 0 Å². The Labute approximate surface area is 135 Å². The standard InChI is InChI=1S/C17H23NO5/c1-11(17(21)22)12(2)18-16(20)6-4-5-15(19)13-7-9-14(23-3)10-8-13/h7-12H,4-6H2,1-3H3,(H,18,20)(H,21,22). The van der Waals surface area contributed by atoms with E-state index in [1.165, 1.54) is 0 Å². The van der Waals surface area contributed by atoms with Crippen molar-refractivity contribution in [1.82, 2.24) is 5.32 Å². The second-order valence-corrected chi connectivity index (χ2v) is 5.49. The second-order valence-electron chi connectivity index (χ2n) is 5.49. The van der Waals surface area contributed by atoms with Gasteiger partial charge in [0.2, 0.25) is 5.91 Å². The summed E-state index contributed by atoms with van der Waals surface area (Å²) in [5.41, 5.74) is 0.582. The summed E-state index contributed by atoms with van der Waals surface area (Å²) in [6, 6.07) is 6.37. The van der Waals surface area contributed by atoms with Crippen LogP contribution in [-0.4, -0.2) is 35.9 Å². The molecule has 1 aromatic carbocycles. The van der Waals surface area contributed by atoms with Gasteiger partial charge in [-0.3, -0.25) is 14.4 Å². The van der Waals surface area contributed by atoms with Crippen LogP contribution in [0, 0.1) is 5.92 Å². The van der Waals surface area contributed by atoms with Crippen molar-refractivity contribution < 1.29 is 24.2 Å². The number of aliphatic carboxylic acids is 1. The molecular formula is C17H23NO5. The molecule has 2 N–H and O–H groups in total. The number of ether oxygens (including phenoxy) is 1. The fourth-order valence-corrected chi connectivity index (χ4v) is 2.00. The third kappa shape index (κ3) is 6.10. The molecule has 0 saturated carbocycles. The van der Waals surface area contributed by atoms with E-state index < -0.39 is 17.9 Å². The molecule has 6 nitrogen and oxygen atoms in total. The first-order chi connectivity index (χ1) is 10.8. The lowest BCUT2D eigenvalue weighted by Crippen LogP contribution is -2.39. The Bertz CT molecular complexity index is 553. The van der Waals surface area contributed by atoms with E-state index in [4.69, 9.17) is 9.84 Å². The molecule has 1 aromatic rings. The zero-order valence-corrected chi connectivity index (χ0v) is 13.7. The number of carboxylic acid groups (broad SMARTS) is 1. The van der Waals surface area contributed by atoms with Gasteiger partial charge in [0.05, 0.1) is 13.0 Å². The number of carbonyl (C=O) groups is 3. The Balaban J connectivity index is 2.36. The van der Waals surface area contributed by atoms with Gasteiger partial charge in [-0.05, 0) is 44.5 Å². The quantitative estimate of drug-likeness (QED) is 0.681. The highest BCUT2D eigenvalue weighted by Crippen LogP contribution is 2.14. The molecule has 0 aliphatic heterocycles. The van der Waals surface area contributed by atoms with Gasteiger partial charge < -0.3 is 15.2 Å². The average Bonchev–Trinajstić information content (AvgIpc) is 2.53. The molecular weight excluding hydrogens is 298 g/mol. The second kappa shape index (κ2) is 8.92. The first kappa shape index (κ1) is 18.7. The molecule has 0 fully saturated rings. The van der Waals surface area contributed by atoms with E-state index in [9.17, 15) is 14.4 Å². The molecule has 1 amide bonds. The molecule has 0 heterocycles. The van der Waals surface area contributed by atoms with Crippen molar-refractivity contribution >= 4 is 17.7 Å². The number of hydrogen-bond acceptors (Lipinski definition) is 4. The van der Waals surface area contributed by atoms with Crippen molar-refractivity contribution in [3.05, 3.63) is 29.8 Å². The van der Waals surface area contributed by atoms with Crippen LogP contribution in [0.2, 0.25) is 0 Å². The summed E-state index contributed by atoms with van der Waals surface area (Å²) in [4.78, 5) is 34.6. The van der Waals surface area contributed by atoms with Crippen molar-refractivity contribution in [2.24, 2.45) is 5.92 Å². The van der Waals surface area contributed by atoms with E-state index >= 15 is 0 Å². The molecule has 2 unspecified atom stereocenters. The minimum atomic E-state index is -0.951. The van der Waals surface area contributed by atoms with Gasteiger partial charge in [0.15, 0.2) is 5.78 Å². The van der Waals surface area contributed by atoms with Crippen LogP contribution >= 0.6 is 0 Å². The van der Waals surface area contributed by atoms with Crippen molar-refractivity contribution in [3.63, 3.8) is 0 Å². The maximum Gasteiger partial charge on any atom is 0.308 e. The van der Waals surface area contributed by atoms with Crippen molar-refractivity contribution in [1.29, 1.82) is 0 Å². The summed E-state index contributed by atoms with van der Waals surface area (Å²) in [5, 5.41) is 11.5. The number of rotatable bonds is 9. The Hall–Kier alpha value is -2.37. The predicted octanol–water partition coefficient (Wildman–Crippen LogP) is 2.27. The van der Waals surface area contributed by atoms with Crippen LogP contribution in [0.25, 0.3) is 0 Å². The topological polar surface area (TPSA) is 92.7 Å². The van der Waals surface area contributed by atoms with Crippen LogP contribution in [0.15, 0.2) is 24.3 Å². The SMILES string of the molecule is COc1ccc(C(=O)CCCC(=O)NC(C)C(C)C(=O)O)cc1. The summed E-state index contributed by atoms with van der Waals surface area (Å²) < 4.78 is 5.03. The van der Waals surface area contributed by atoms with Crippen LogP contribution in [0.4, 0.5) is 0 Å². The maximum absolute atomic E-state index is 12.0. The van der Waals surface area contributed by atoms with E-state index in [2.05, 4.69) is 5.32 Å². The van der Waals surface area contributed by atoms with Gasteiger partial charge in [-0.1, -0.05) is 0 Å². The highest BCUT2D eigenvalue weighted by molar-refractivity contribution is 5.96. The summed E-state index contributed by atoms with van der Waals surface area (Å²) in [6.45, 7) is 3.19. The van der Waals surface area contributed by atoms with E-state index in [-0.39, 0.29) is 24.5 Å². The molecule has 1 rings (SSSR count). The number of nitrogens with one attached hydrogen (secondary N) is 1. The number of carboxylic acids is 1. The van der Waals surface area contributed by atoms with Crippen LogP contribution < -0.4 is 10.1 Å². The zero-order valence-electron chi connectivity index (χ0n) is 13.7. The predicted molar refractivity (Wildman–Crippen MR) is 85.6 cm³/mol.